The van der Waals surface area contributed by atoms with Crippen molar-refractivity contribution in [2.75, 3.05) is 12.4 Å². The number of hydrogen-bond acceptors (Lipinski definition) is 9. The highest BCUT2D eigenvalue weighted by Gasteiger charge is 2.22. The Morgan fingerprint density at radius 1 is 1.19 bits per heavy atom. The van der Waals surface area contributed by atoms with Gasteiger partial charge in [-0.25, -0.2) is 14.9 Å². The Labute approximate surface area is 219 Å². The van der Waals surface area contributed by atoms with E-state index < -0.39 is 23.8 Å². The molecule has 0 spiro atoms. The van der Waals surface area contributed by atoms with E-state index in [1.165, 1.54) is 19.4 Å². The number of methoxy groups -OCH3 is 1. The second-order valence-electron chi connectivity index (χ2n) is 7.58. The number of tetrazole rings is 1. The molecule has 2 aromatic heterocycles. The number of aromatic nitrogens is 5. The summed E-state index contributed by atoms with van der Waals surface area (Å²) in [6.45, 7) is 0. The van der Waals surface area contributed by atoms with Crippen LogP contribution < -0.4 is 10.6 Å². The molecule has 0 aliphatic rings. The second kappa shape index (κ2) is 12.0. The minimum Gasteiger partial charge on any atom is -0.465 e. The lowest BCUT2D eigenvalue weighted by Crippen LogP contribution is -2.44. The molecular formula is C24H20ClN7O4S. The number of carbonyl (C=O) groups excluding carboxylic acids is 3. The third-order valence-electron chi connectivity index (χ3n) is 5.07. The van der Waals surface area contributed by atoms with Crippen LogP contribution in [0.25, 0.3) is 17.5 Å². The number of benzene rings is 2. The molecule has 0 aliphatic heterocycles. The lowest BCUT2D eigenvalue weighted by atomic mass is 10.0. The van der Waals surface area contributed by atoms with E-state index >= 15 is 0 Å². The van der Waals surface area contributed by atoms with Gasteiger partial charge in [-0.3, -0.25) is 9.59 Å². The first kappa shape index (κ1) is 25.7. The average molecular weight is 538 g/mol. The van der Waals surface area contributed by atoms with Crippen molar-refractivity contribution < 1.29 is 19.1 Å². The van der Waals surface area contributed by atoms with E-state index in [1.807, 2.05) is 30.3 Å². The summed E-state index contributed by atoms with van der Waals surface area (Å²) in [5.41, 5.74) is 2.09. The van der Waals surface area contributed by atoms with Gasteiger partial charge in [-0.2, -0.15) is 0 Å². The molecule has 2 aromatic carbocycles. The normalized spacial score (nSPS) is 11.7. The summed E-state index contributed by atoms with van der Waals surface area (Å²) >= 11 is 7.10. The van der Waals surface area contributed by atoms with E-state index in [0.29, 0.717) is 22.0 Å². The van der Waals surface area contributed by atoms with Crippen LogP contribution in [-0.4, -0.2) is 56.5 Å². The van der Waals surface area contributed by atoms with Gasteiger partial charge in [0.05, 0.1) is 13.3 Å². The predicted octanol–water partition coefficient (Wildman–Crippen LogP) is 3.14. The average Bonchev–Trinajstić information content (AvgIpc) is 3.60. The van der Waals surface area contributed by atoms with Crippen molar-refractivity contribution in [2.45, 2.75) is 12.5 Å². The quantitative estimate of drug-likeness (QED) is 0.217. The lowest BCUT2D eigenvalue weighted by molar-refractivity contribution is -0.123. The summed E-state index contributed by atoms with van der Waals surface area (Å²) in [7, 11) is 1.26. The maximum Gasteiger partial charge on any atom is 0.349 e. The zero-order valence-corrected chi connectivity index (χ0v) is 20.9. The van der Waals surface area contributed by atoms with Crippen LogP contribution >= 0.6 is 22.9 Å². The first-order valence-electron chi connectivity index (χ1n) is 10.8. The molecule has 1 atom stereocenters. The minimum absolute atomic E-state index is 0.206. The summed E-state index contributed by atoms with van der Waals surface area (Å²) < 4.78 is 4.67. The summed E-state index contributed by atoms with van der Waals surface area (Å²) in [6, 6.07) is 13.4. The fourth-order valence-corrected chi connectivity index (χ4v) is 4.24. The number of amides is 2. The fourth-order valence-electron chi connectivity index (χ4n) is 3.32. The van der Waals surface area contributed by atoms with Crippen molar-refractivity contribution >= 4 is 51.9 Å². The molecule has 0 unspecified atom stereocenters. The molecule has 0 aliphatic carbocycles. The predicted molar refractivity (Wildman–Crippen MR) is 138 cm³/mol. The second-order valence-corrected chi connectivity index (χ2v) is 9.04. The third-order valence-corrected chi connectivity index (χ3v) is 6.19. The highest BCUT2D eigenvalue weighted by atomic mass is 35.5. The Kier molecular flexibility index (Phi) is 8.33. The van der Waals surface area contributed by atoms with E-state index in [-0.39, 0.29) is 16.4 Å². The van der Waals surface area contributed by atoms with Gasteiger partial charge in [0, 0.05) is 23.1 Å². The van der Waals surface area contributed by atoms with Crippen LogP contribution in [0.3, 0.4) is 0 Å². The number of nitrogens with zero attached hydrogens (tertiary/aromatic N) is 4. The molecular weight excluding hydrogens is 518 g/mol. The van der Waals surface area contributed by atoms with Gasteiger partial charge in [0.25, 0.3) is 0 Å². The molecule has 4 rings (SSSR count). The molecule has 0 saturated carbocycles. The number of esters is 1. The van der Waals surface area contributed by atoms with Gasteiger partial charge >= 0.3 is 5.97 Å². The highest BCUT2D eigenvalue weighted by Crippen LogP contribution is 2.24. The number of thiazole rings is 1. The van der Waals surface area contributed by atoms with Crippen molar-refractivity contribution in [1.82, 2.24) is 30.9 Å². The van der Waals surface area contributed by atoms with Crippen LogP contribution in [0.5, 0.6) is 0 Å². The Balaban J connectivity index is 1.51. The Bertz CT molecular complexity index is 1420. The molecule has 3 N–H and O–H groups in total. The van der Waals surface area contributed by atoms with Crippen LogP contribution in [0.2, 0.25) is 5.02 Å². The van der Waals surface area contributed by atoms with E-state index in [1.54, 1.807) is 24.3 Å². The first-order valence-corrected chi connectivity index (χ1v) is 12.0. The van der Waals surface area contributed by atoms with Gasteiger partial charge in [-0.1, -0.05) is 53.3 Å². The molecule has 2 heterocycles. The van der Waals surface area contributed by atoms with Crippen LogP contribution in [0.15, 0.2) is 60.8 Å². The van der Waals surface area contributed by atoms with Crippen LogP contribution in [-0.2, 0) is 20.7 Å². The number of aromatic amines is 1. The Morgan fingerprint density at radius 2 is 2.00 bits per heavy atom. The number of carbonyl (C=O) groups is 3. The van der Waals surface area contributed by atoms with Crippen LogP contribution in [0.4, 0.5) is 5.13 Å². The molecule has 11 nitrogen and oxygen atoms in total. The maximum atomic E-state index is 13.1. The van der Waals surface area contributed by atoms with E-state index in [0.717, 1.165) is 16.9 Å². The van der Waals surface area contributed by atoms with E-state index in [9.17, 15) is 14.4 Å². The number of ether oxygens (including phenoxy) is 1. The number of hydrogen-bond donors (Lipinski definition) is 3. The largest absolute Gasteiger partial charge is 0.465 e. The molecule has 0 fully saturated rings. The number of H-pyrrole nitrogens is 1. The maximum absolute atomic E-state index is 13.1. The van der Waals surface area contributed by atoms with Crippen molar-refractivity contribution in [3.63, 3.8) is 0 Å². The standard InChI is InChI=1S/C24H20ClN7O4S/c1-36-23(35)19-13-26-24(37-19)28-22(34)18(11-14-5-3-2-4-6-14)27-20(33)10-7-15-12-16(25)8-9-17(15)21-29-31-32-30-21/h2-10,12-13,18H,11H2,1H3,(H,27,33)(H,26,28,34)(H,29,30,31,32)/b10-7+/t18-/m0/s1. The number of halogens is 1. The topological polar surface area (TPSA) is 152 Å². The van der Waals surface area contributed by atoms with Crippen molar-refractivity contribution in [3.8, 4) is 11.4 Å². The van der Waals surface area contributed by atoms with Gasteiger partial charge in [-0.15, -0.1) is 5.10 Å². The van der Waals surface area contributed by atoms with Gasteiger partial charge < -0.3 is 15.4 Å². The molecule has 37 heavy (non-hydrogen) atoms. The number of anilines is 1. The Hall–Kier alpha value is -4.42. The molecule has 0 bridgehead atoms. The van der Waals surface area contributed by atoms with Crippen LogP contribution in [0, 0.1) is 0 Å². The Morgan fingerprint density at radius 3 is 2.73 bits per heavy atom. The van der Waals surface area contributed by atoms with Crippen molar-refractivity contribution in [2.24, 2.45) is 0 Å². The van der Waals surface area contributed by atoms with Gasteiger partial charge in [-0.05, 0) is 45.8 Å². The van der Waals surface area contributed by atoms with Gasteiger partial charge in [0.1, 0.15) is 10.9 Å². The molecule has 2 amide bonds. The summed E-state index contributed by atoms with van der Waals surface area (Å²) in [5, 5.41) is 19.8. The molecule has 188 valence electrons. The minimum atomic E-state index is -0.928. The molecule has 13 heteroatoms. The monoisotopic (exact) mass is 537 g/mol. The lowest BCUT2D eigenvalue weighted by Gasteiger charge is -2.17. The van der Waals surface area contributed by atoms with Gasteiger partial charge in [0.2, 0.25) is 11.8 Å². The zero-order valence-electron chi connectivity index (χ0n) is 19.3. The number of rotatable bonds is 9. The summed E-state index contributed by atoms with van der Waals surface area (Å²) in [4.78, 5) is 41.9. The fraction of sp³-hybridized carbons (Fsp3) is 0.125. The van der Waals surface area contributed by atoms with Crippen LogP contribution in [0.1, 0.15) is 20.8 Å². The summed E-state index contributed by atoms with van der Waals surface area (Å²) in [6.07, 6.45) is 4.39. The summed E-state index contributed by atoms with van der Waals surface area (Å²) in [5.74, 6) is -1.15. The third kappa shape index (κ3) is 6.84. The van der Waals surface area contributed by atoms with E-state index in [2.05, 4.69) is 41.0 Å². The number of nitrogens with one attached hydrogen (secondary N) is 3. The first-order chi connectivity index (χ1) is 17.9. The highest BCUT2D eigenvalue weighted by molar-refractivity contribution is 7.17. The van der Waals surface area contributed by atoms with Crippen molar-refractivity contribution in [3.05, 3.63) is 81.8 Å². The molecule has 0 saturated heterocycles. The SMILES string of the molecule is COC(=O)c1cnc(NC(=O)[C@H](Cc2ccccc2)NC(=O)/C=C/c2cc(Cl)ccc2-c2nnn[nH]2)s1. The van der Waals surface area contributed by atoms with Crippen molar-refractivity contribution in [1.29, 1.82) is 0 Å². The van der Waals surface area contributed by atoms with Gasteiger partial charge in [0.15, 0.2) is 11.0 Å². The molecule has 4 aromatic rings. The smallest absolute Gasteiger partial charge is 0.349 e. The molecule has 0 radical (unpaired) electrons. The zero-order chi connectivity index (χ0) is 26.2. The van der Waals surface area contributed by atoms with E-state index in [4.69, 9.17) is 11.6 Å².